The zero-order chi connectivity index (χ0) is 12.0. The van der Waals surface area contributed by atoms with Gasteiger partial charge in [-0.1, -0.05) is 18.2 Å². The van der Waals surface area contributed by atoms with Crippen LogP contribution < -0.4 is 5.73 Å². The largest absolute Gasteiger partial charge is 0.342 e. The molecule has 0 aliphatic carbocycles. The quantitative estimate of drug-likeness (QED) is 0.750. The molecule has 2 N–H and O–H groups in total. The van der Waals surface area contributed by atoms with Gasteiger partial charge in [0.05, 0.1) is 5.56 Å². The first-order valence-electron chi connectivity index (χ1n) is 5.20. The number of nitrogens with zero attached hydrogens (tertiary/aromatic N) is 1. The molecule has 0 radical (unpaired) electrons. The van der Waals surface area contributed by atoms with Crippen molar-refractivity contribution < 1.29 is 9.59 Å². The third-order valence-electron chi connectivity index (χ3n) is 2.36. The van der Waals surface area contributed by atoms with Crippen LogP contribution in [0.2, 0.25) is 0 Å². The molecule has 0 saturated heterocycles. The number of carbonyl (C=O) groups is 2. The Labute approximate surface area is 95.0 Å². The molecule has 0 aliphatic heterocycles. The first-order valence-corrected chi connectivity index (χ1v) is 5.20. The SMILES string of the molecule is CN(CCCN)C(=O)c1ccccc1C=O. The highest BCUT2D eigenvalue weighted by molar-refractivity contribution is 6.01. The predicted molar refractivity (Wildman–Crippen MR) is 62.5 cm³/mol. The van der Waals surface area contributed by atoms with Crippen molar-refractivity contribution in [3.63, 3.8) is 0 Å². The van der Waals surface area contributed by atoms with Crippen LogP contribution in [0.25, 0.3) is 0 Å². The van der Waals surface area contributed by atoms with Gasteiger partial charge in [0.25, 0.3) is 5.91 Å². The standard InChI is InChI=1S/C12H16N2O2/c1-14(8-4-7-13)12(16)11-6-3-2-5-10(11)9-15/h2-3,5-6,9H,4,7-8,13H2,1H3. The van der Waals surface area contributed by atoms with Crippen LogP contribution in [0.1, 0.15) is 27.1 Å². The Morgan fingerprint density at radius 3 is 2.75 bits per heavy atom. The molecular formula is C12H16N2O2. The second-order valence-electron chi connectivity index (χ2n) is 3.57. The van der Waals surface area contributed by atoms with E-state index in [2.05, 4.69) is 0 Å². The second kappa shape index (κ2) is 6.02. The van der Waals surface area contributed by atoms with Crippen molar-refractivity contribution in [2.24, 2.45) is 5.73 Å². The number of aldehydes is 1. The van der Waals surface area contributed by atoms with Crippen molar-refractivity contribution in [1.82, 2.24) is 4.90 Å². The summed E-state index contributed by atoms with van der Waals surface area (Å²) in [7, 11) is 1.71. The van der Waals surface area contributed by atoms with E-state index in [1.807, 2.05) is 0 Å². The van der Waals surface area contributed by atoms with E-state index in [1.165, 1.54) is 0 Å². The van der Waals surface area contributed by atoms with Crippen molar-refractivity contribution in [3.05, 3.63) is 35.4 Å². The van der Waals surface area contributed by atoms with Crippen molar-refractivity contribution in [3.8, 4) is 0 Å². The smallest absolute Gasteiger partial charge is 0.254 e. The van der Waals surface area contributed by atoms with Crippen LogP contribution in [0.15, 0.2) is 24.3 Å². The highest BCUT2D eigenvalue weighted by Crippen LogP contribution is 2.09. The summed E-state index contributed by atoms with van der Waals surface area (Å²) in [4.78, 5) is 24.3. The molecule has 4 heteroatoms. The number of hydrogen-bond acceptors (Lipinski definition) is 3. The summed E-state index contributed by atoms with van der Waals surface area (Å²) in [5.41, 5.74) is 6.24. The topological polar surface area (TPSA) is 63.4 Å². The third kappa shape index (κ3) is 2.90. The Balaban J connectivity index is 2.83. The van der Waals surface area contributed by atoms with Gasteiger partial charge in [0.2, 0.25) is 0 Å². The number of benzene rings is 1. The molecule has 0 saturated carbocycles. The summed E-state index contributed by atoms with van der Waals surface area (Å²) in [6.07, 6.45) is 1.45. The molecule has 0 aromatic heterocycles. The average Bonchev–Trinajstić information content (AvgIpc) is 2.34. The second-order valence-corrected chi connectivity index (χ2v) is 3.57. The van der Waals surface area contributed by atoms with E-state index >= 15 is 0 Å². The number of nitrogens with two attached hydrogens (primary N) is 1. The Morgan fingerprint density at radius 2 is 2.12 bits per heavy atom. The molecule has 1 rings (SSSR count). The molecule has 0 atom stereocenters. The van der Waals surface area contributed by atoms with E-state index < -0.39 is 0 Å². The molecule has 16 heavy (non-hydrogen) atoms. The lowest BCUT2D eigenvalue weighted by Crippen LogP contribution is -2.29. The summed E-state index contributed by atoms with van der Waals surface area (Å²) in [5, 5.41) is 0. The molecule has 0 heterocycles. The maximum Gasteiger partial charge on any atom is 0.254 e. The van der Waals surface area contributed by atoms with E-state index in [0.717, 1.165) is 6.42 Å². The van der Waals surface area contributed by atoms with Gasteiger partial charge in [0, 0.05) is 19.2 Å². The number of rotatable bonds is 5. The first kappa shape index (κ1) is 12.4. The fraction of sp³-hybridized carbons (Fsp3) is 0.333. The monoisotopic (exact) mass is 220 g/mol. The number of carbonyl (C=O) groups excluding carboxylic acids is 2. The predicted octanol–water partition coefficient (Wildman–Crippen LogP) is 0.920. The molecule has 86 valence electrons. The Morgan fingerprint density at radius 1 is 1.44 bits per heavy atom. The molecule has 4 nitrogen and oxygen atoms in total. The third-order valence-corrected chi connectivity index (χ3v) is 2.36. The highest BCUT2D eigenvalue weighted by atomic mass is 16.2. The molecule has 1 amide bonds. The van der Waals surface area contributed by atoms with Crippen molar-refractivity contribution in [2.75, 3.05) is 20.1 Å². The molecule has 0 unspecified atom stereocenters. The van der Waals surface area contributed by atoms with E-state index in [-0.39, 0.29) is 5.91 Å². The maximum absolute atomic E-state index is 12.0. The summed E-state index contributed by atoms with van der Waals surface area (Å²) in [5.74, 6) is -0.142. The van der Waals surface area contributed by atoms with Gasteiger partial charge in [0.1, 0.15) is 0 Å². The molecule has 1 aromatic carbocycles. The lowest BCUT2D eigenvalue weighted by Gasteiger charge is -2.17. The van der Waals surface area contributed by atoms with Crippen LogP contribution in [0.5, 0.6) is 0 Å². The molecular weight excluding hydrogens is 204 g/mol. The zero-order valence-electron chi connectivity index (χ0n) is 9.35. The molecule has 1 aromatic rings. The lowest BCUT2D eigenvalue weighted by atomic mass is 10.1. The lowest BCUT2D eigenvalue weighted by molar-refractivity contribution is 0.0791. The summed E-state index contributed by atoms with van der Waals surface area (Å²) >= 11 is 0. The zero-order valence-corrected chi connectivity index (χ0v) is 9.35. The van der Waals surface area contributed by atoms with Crippen LogP contribution in [0.4, 0.5) is 0 Å². The maximum atomic E-state index is 12.0. The van der Waals surface area contributed by atoms with Gasteiger partial charge in [-0.3, -0.25) is 9.59 Å². The number of hydrogen-bond donors (Lipinski definition) is 1. The van der Waals surface area contributed by atoms with Gasteiger partial charge in [0.15, 0.2) is 6.29 Å². The summed E-state index contributed by atoms with van der Waals surface area (Å²) < 4.78 is 0. The van der Waals surface area contributed by atoms with Crippen LogP contribution in [0.3, 0.4) is 0 Å². The minimum Gasteiger partial charge on any atom is -0.342 e. The normalized spacial score (nSPS) is 9.88. The van der Waals surface area contributed by atoms with Crippen LogP contribution >= 0.6 is 0 Å². The van der Waals surface area contributed by atoms with Crippen LogP contribution in [-0.2, 0) is 0 Å². The van der Waals surface area contributed by atoms with Gasteiger partial charge >= 0.3 is 0 Å². The number of amides is 1. The molecule has 0 spiro atoms. The van der Waals surface area contributed by atoms with Crippen LogP contribution in [-0.4, -0.2) is 37.2 Å². The Bertz CT molecular complexity index is 377. The van der Waals surface area contributed by atoms with Crippen molar-refractivity contribution in [1.29, 1.82) is 0 Å². The fourth-order valence-electron chi connectivity index (χ4n) is 1.43. The summed E-state index contributed by atoms with van der Waals surface area (Å²) in [6.45, 7) is 1.15. The summed E-state index contributed by atoms with van der Waals surface area (Å²) in [6, 6.07) is 6.78. The fourth-order valence-corrected chi connectivity index (χ4v) is 1.43. The van der Waals surface area contributed by atoms with E-state index in [4.69, 9.17) is 5.73 Å². The van der Waals surface area contributed by atoms with Gasteiger partial charge < -0.3 is 10.6 Å². The van der Waals surface area contributed by atoms with Gasteiger partial charge in [-0.15, -0.1) is 0 Å². The minimum absolute atomic E-state index is 0.142. The highest BCUT2D eigenvalue weighted by Gasteiger charge is 2.14. The first-order chi connectivity index (χ1) is 7.70. The van der Waals surface area contributed by atoms with E-state index in [1.54, 1.807) is 36.2 Å². The van der Waals surface area contributed by atoms with E-state index in [0.29, 0.717) is 30.5 Å². The van der Waals surface area contributed by atoms with Gasteiger partial charge in [-0.25, -0.2) is 0 Å². The van der Waals surface area contributed by atoms with Crippen molar-refractivity contribution in [2.45, 2.75) is 6.42 Å². The van der Waals surface area contributed by atoms with Crippen molar-refractivity contribution >= 4 is 12.2 Å². The van der Waals surface area contributed by atoms with Gasteiger partial charge in [-0.2, -0.15) is 0 Å². The minimum atomic E-state index is -0.142. The Kier molecular flexibility index (Phi) is 4.66. The average molecular weight is 220 g/mol. The molecule has 0 fully saturated rings. The molecule has 0 bridgehead atoms. The Hall–Kier alpha value is -1.68. The van der Waals surface area contributed by atoms with Gasteiger partial charge in [-0.05, 0) is 19.0 Å². The van der Waals surface area contributed by atoms with Crippen LogP contribution in [0, 0.1) is 0 Å². The van der Waals surface area contributed by atoms with E-state index in [9.17, 15) is 9.59 Å². The molecule has 0 aliphatic rings.